The molecule has 0 atom stereocenters. The number of hydrogen-bond acceptors (Lipinski definition) is 3. The van der Waals surface area contributed by atoms with Gasteiger partial charge in [-0.2, -0.15) is 0 Å². The number of carbonyl (C=O) groups is 1. The SMILES string of the molecule is CC(C)(C)OC(=O)N1CCc2c1cccc2C1(CN)CCCCC1. The van der Waals surface area contributed by atoms with Gasteiger partial charge in [0.2, 0.25) is 0 Å². The van der Waals surface area contributed by atoms with E-state index >= 15 is 0 Å². The predicted molar refractivity (Wildman–Crippen MR) is 97.5 cm³/mol. The molecule has 1 amide bonds. The third-order valence-electron chi connectivity index (χ3n) is 5.41. The highest BCUT2D eigenvalue weighted by Gasteiger charge is 2.38. The van der Waals surface area contributed by atoms with Gasteiger partial charge in [-0.05, 0) is 57.2 Å². The molecule has 0 radical (unpaired) electrons. The fourth-order valence-corrected chi connectivity index (χ4v) is 4.25. The maximum absolute atomic E-state index is 12.5. The van der Waals surface area contributed by atoms with Gasteiger partial charge in [-0.1, -0.05) is 31.4 Å². The second kappa shape index (κ2) is 6.40. The highest BCUT2D eigenvalue weighted by molar-refractivity contribution is 5.91. The van der Waals surface area contributed by atoms with Crippen molar-refractivity contribution in [3.8, 4) is 0 Å². The van der Waals surface area contributed by atoms with Crippen molar-refractivity contribution in [1.29, 1.82) is 0 Å². The van der Waals surface area contributed by atoms with Gasteiger partial charge in [0.1, 0.15) is 5.60 Å². The Kier molecular flexibility index (Phi) is 4.60. The van der Waals surface area contributed by atoms with Crippen LogP contribution in [0.4, 0.5) is 10.5 Å². The predicted octanol–water partition coefficient (Wildman–Crippen LogP) is 4.14. The fourth-order valence-electron chi connectivity index (χ4n) is 4.25. The number of carbonyl (C=O) groups excluding carboxylic acids is 1. The summed E-state index contributed by atoms with van der Waals surface area (Å²) in [5, 5.41) is 0. The maximum atomic E-state index is 12.5. The van der Waals surface area contributed by atoms with Crippen molar-refractivity contribution in [2.45, 2.75) is 70.3 Å². The molecular weight excluding hydrogens is 300 g/mol. The molecule has 0 unspecified atom stereocenters. The van der Waals surface area contributed by atoms with Crippen LogP contribution in [-0.2, 0) is 16.6 Å². The summed E-state index contributed by atoms with van der Waals surface area (Å²) in [6.07, 6.45) is 6.77. The lowest BCUT2D eigenvalue weighted by molar-refractivity contribution is 0.0584. The Bertz CT molecular complexity index is 613. The standard InChI is InChI=1S/C20H30N2O2/c1-19(2,3)24-18(23)22-13-10-15-16(8-7-9-17(15)22)20(14-21)11-5-4-6-12-20/h7-9H,4-6,10-14,21H2,1-3H3. The Balaban J connectivity index is 1.93. The first-order valence-electron chi connectivity index (χ1n) is 9.19. The first kappa shape index (κ1) is 17.3. The monoisotopic (exact) mass is 330 g/mol. The van der Waals surface area contributed by atoms with E-state index in [1.807, 2.05) is 26.8 Å². The maximum Gasteiger partial charge on any atom is 0.414 e. The normalized spacial score (nSPS) is 19.9. The molecule has 1 fully saturated rings. The number of anilines is 1. The van der Waals surface area contributed by atoms with E-state index < -0.39 is 5.60 Å². The summed E-state index contributed by atoms with van der Waals surface area (Å²) < 4.78 is 5.58. The molecule has 0 aromatic heterocycles. The van der Waals surface area contributed by atoms with E-state index in [9.17, 15) is 4.79 Å². The second-order valence-electron chi connectivity index (χ2n) is 8.23. The Hall–Kier alpha value is -1.55. The Morgan fingerprint density at radius 2 is 1.96 bits per heavy atom. The van der Waals surface area contributed by atoms with Gasteiger partial charge >= 0.3 is 6.09 Å². The quantitative estimate of drug-likeness (QED) is 0.886. The van der Waals surface area contributed by atoms with Crippen molar-refractivity contribution in [3.05, 3.63) is 29.3 Å². The molecule has 0 bridgehead atoms. The minimum absolute atomic E-state index is 0.0908. The third-order valence-corrected chi connectivity index (χ3v) is 5.41. The molecule has 4 nitrogen and oxygen atoms in total. The molecule has 3 rings (SSSR count). The molecule has 24 heavy (non-hydrogen) atoms. The number of amides is 1. The van der Waals surface area contributed by atoms with Crippen LogP contribution in [0.5, 0.6) is 0 Å². The molecular formula is C20H30N2O2. The van der Waals surface area contributed by atoms with Crippen LogP contribution in [0, 0.1) is 0 Å². The number of ether oxygens (including phenoxy) is 1. The zero-order valence-electron chi connectivity index (χ0n) is 15.2. The molecule has 4 heteroatoms. The summed E-state index contributed by atoms with van der Waals surface area (Å²) in [5.74, 6) is 0. The van der Waals surface area contributed by atoms with Crippen molar-refractivity contribution in [2.24, 2.45) is 5.73 Å². The van der Waals surface area contributed by atoms with Gasteiger partial charge in [0.25, 0.3) is 0 Å². The fraction of sp³-hybridized carbons (Fsp3) is 0.650. The number of benzene rings is 1. The number of fused-ring (bicyclic) bond motifs is 1. The zero-order chi connectivity index (χ0) is 17.4. The van der Waals surface area contributed by atoms with Crippen LogP contribution < -0.4 is 10.6 Å². The smallest absolute Gasteiger partial charge is 0.414 e. The van der Waals surface area contributed by atoms with Gasteiger partial charge in [0.05, 0.1) is 5.69 Å². The molecule has 132 valence electrons. The molecule has 1 aliphatic heterocycles. The van der Waals surface area contributed by atoms with Crippen LogP contribution in [0.25, 0.3) is 0 Å². The summed E-state index contributed by atoms with van der Waals surface area (Å²) >= 11 is 0. The van der Waals surface area contributed by atoms with Crippen LogP contribution in [-0.4, -0.2) is 24.8 Å². The van der Waals surface area contributed by atoms with E-state index in [1.54, 1.807) is 4.90 Å². The van der Waals surface area contributed by atoms with Gasteiger partial charge in [-0.25, -0.2) is 4.79 Å². The second-order valence-corrected chi connectivity index (χ2v) is 8.23. The van der Waals surface area contributed by atoms with Crippen molar-refractivity contribution >= 4 is 11.8 Å². The van der Waals surface area contributed by atoms with Crippen LogP contribution in [0.1, 0.15) is 64.0 Å². The van der Waals surface area contributed by atoms with Gasteiger partial charge in [0, 0.05) is 18.5 Å². The van der Waals surface area contributed by atoms with E-state index in [0.717, 1.165) is 24.9 Å². The Morgan fingerprint density at radius 3 is 2.58 bits per heavy atom. The van der Waals surface area contributed by atoms with E-state index in [2.05, 4.69) is 12.1 Å². The molecule has 1 heterocycles. The minimum atomic E-state index is -0.473. The molecule has 2 N–H and O–H groups in total. The number of hydrogen-bond donors (Lipinski definition) is 1. The topological polar surface area (TPSA) is 55.6 Å². The van der Waals surface area contributed by atoms with E-state index in [-0.39, 0.29) is 11.5 Å². The van der Waals surface area contributed by atoms with E-state index in [4.69, 9.17) is 10.5 Å². The highest BCUT2D eigenvalue weighted by Crippen LogP contribution is 2.44. The summed E-state index contributed by atoms with van der Waals surface area (Å²) in [5.41, 5.74) is 9.54. The Labute approximate surface area is 145 Å². The molecule has 0 saturated heterocycles. The van der Waals surface area contributed by atoms with Crippen LogP contribution in [0.15, 0.2) is 18.2 Å². The average Bonchev–Trinajstić information content (AvgIpc) is 2.98. The molecule has 1 aliphatic carbocycles. The van der Waals surface area contributed by atoms with E-state index in [1.165, 1.54) is 30.4 Å². The van der Waals surface area contributed by atoms with Crippen LogP contribution in [0.2, 0.25) is 0 Å². The summed E-state index contributed by atoms with van der Waals surface area (Å²) in [6, 6.07) is 6.35. The molecule has 2 aliphatic rings. The molecule has 1 aromatic carbocycles. The molecule has 1 aromatic rings. The van der Waals surface area contributed by atoms with Crippen molar-refractivity contribution in [3.63, 3.8) is 0 Å². The summed E-state index contributed by atoms with van der Waals surface area (Å²) in [4.78, 5) is 14.3. The lowest BCUT2D eigenvalue weighted by Gasteiger charge is -2.38. The lowest BCUT2D eigenvalue weighted by atomic mass is 9.68. The first-order valence-corrected chi connectivity index (χ1v) is 9.19. The number of nitrogens with two attached hydrogens (primary N) is 1. The van der Waals surface area contributed by atoms with Gasteiger partial charge in [-0.15, -0.1) is 0 Å². The lowest BCUT2D eigenvalue weighted by Crippen LogP contribution is -2.38. The van der Waals surface area contributed by atoms with Crippen LogP contribution in [0.3, 0.4) is 0 Å². The largest absolute Gasteiger partial charge is 0.443 e. The van der Waals surface area contributed by atoms with Crippen molar-refractivity contribution < 1.29 is 9.53 Å². The van der Waals surface area contributed by atoms with Gasteiger partial charge in [0.15, 0.2) is 0 Å². The Morgan fingerprint density at radius 1 is 1.25 bits per heavy atom. The number of nitrogens with zero attached hydrogens (tertiary/aromatic N) is 1. The summed E-state index contributed by atoms with van der Waals surface area (Å²) in [6.45, 7) is 7.11. The number of rotatable bonds is 2. The average molecular weight is 330 g/mol. The van der Waals surface area contributed by atoms with E-state index in [0.29, 0.717) is 13.1 Å². The van der Waals surface area contributed by atoms with Crippen molar-refractivity contribution in [1.82, 2.24) is 0 Å². The zero-order valence-corrected chi connectivity index (χ0v) is 15.2. The summed E-state index contributed by atoms with van der Waals surface area (Å²) in [7, 11) is 0. The molecule has 1 saturated carbocycles. The first-order chi connectivity index (χ1) is 11.4. The molecule has 0 spiro atoms. The van der Waals surface area contributed by atoms with Gasteiger partial charge in [-0.3, -0.25) is 4.90 Å². The van der Waals surface area contributed by atoms with Crippen molar-refractivity contribution in [2.75, 3.05) is 18.0 Å². The highest BCUT2D eigenvalue weighted by atomic mass is 16.6. The minimum Gasteiger partial charge on any atom is -0.443 e. The van der Waals surface area contributed by atoms with Gasteiger partial charge < -0.3 is 10.5 Å². The van der Waals surface area contributed by atoms with Crippen LogP contribution >= 0.6 is 0 Å². The third kappa shape index (κ3) is 3.16.